The van der Waals surface area contributed by atoms with Crippen LogP contribution in [0.3, 0.4) is 0 Å². The number of sulfonamides is 2. The second kappa shape index (κ2) is 9.44. The Morgan fingerprint density at radius 2 is 1.62 bits per heavy atom. The molecule has 0 aliphatic heterocycles. The van der Waals surface area contributed by atoms with E-state index in [1.807, 2.05) is 0 Å². The van der Waals surface area contributed by atoms with Gasteiger partial charge < -0.3 is 5.32 Å². The van der Waals surface area contributed by atoms with Crippen molar-refractivity contribution in [1.82, 2.24) is 14.3 Å². The van der Waals surface area contributed by atoms with Gasteiger partial charge in [-0.3, -0.25) is 4.79 Å². The molecular formula is C18H22FN3O5S2. The molecule has 11 heteroatoms. The molecule has 2 aromatic rings. The summed E-state index contributed by atoms with van der Waals surface area (Å²) in [5.74, 6) is -0.976. The van der Waals surface area contributed by atoms with Gasteiger partial charge in [0.1, 0.15) is 5.82 Å². The fourth-order valence-corrected chi connectivity index (χ4v) is 3.75. The van der Waals surface area contributed by atoms with E-state index in [0.717, 1.165) is 10.6 Å². The maximum Gasteiger partial charge on any atom is 0.240 e. The summed E-state index contributed by atoms with van der Waals surface area (Å²) >= 11 is 0. The molecule has 0 saturated carbocycles. The van der Waals surface area contributed by atoms with Crippen molar-refractivity contribution in [2.24, 2.45) is 0 Å². The summed E-state index contributed by atoms with van der Waals surface area (Å²) in [4.78, 5) is 11.9. The van der Waals surface area contributed by atoms with Crippen molar-refractivity contribution < 1.29 is 26.0 Å². The maximum atomic E-state index is 13.2. The predicted octanol–water partition coefficient (Wildman–Crippen LogP) is 0.812. The summed E-state index contributed by atoms with van der Waals surface area (Å²) in [5.41, 5.74) is 1.00. The molecule has 2 N–H and O–H groups in total. The van der Waals surface area contributed by atoms with E-state index in [9.17, 15) is 26.0 Å². The molecule has 2 rings (SSSR count). The molecule has 1 amide bonds. The topological polar surface area (TPSA) is 113 Å². The Hall–Kier alpha value is -2.34. The number of likely N-dealkylation sites (N-methyl/N-ethyl adjacent to an activating group) is 1. The lowest BCUT2D eigenvalue weighted by molar-refractivity contribution is -0.121. The van der Waals surface area contributed by atoms with Crippen molar-refractivity contribution in [1.29, 1.82) is 0 Å². The first-order chi connectivity index (χ1) is 13.5. The molecule has 29 heavy (non-hydrogen) atoms. The molecule has 8 nitrogen and oxygen atoms in total. The zero-order chi connectivity index (χ0) is 21.7. The highest BCUT2D eigenvalue weighted by molar-refractivity contribution is 7.89. The van der Waals surface area contributed by atoms with Crippen LogP contribution in [0.25, 0.3) is 0 Å². The number of hydrogen-bond donors (Lipinski definition) is 2. The summed E-state index contributed by atoms with van der Waals surface area (Å²) < 4.78 is 64.1. The van der Waals surface area contributed by atoms with Crippen molar-refractivity contribution in [3.63, 3.8) is 0 Å². The Kier molecular flexibility index (Phi) is 7.47. The van der Waals surface area contributed by atoms with Gasteiger partial charge in [-0.25, -0.2) is 25.9 Å². The Labute approximate surface area is 169 Å². The van der Waals surface area contributed by atoms with E-state index in [1.165, 1.54) is 43.4 Å². The molecule has 0 heterocycles. The van der Waals surface area contributed by atoms with Crippen LogP contribution in [0.2, 0.25) is 0 Å². The zero-order valence-electron chi connectivity index (χ0n) is 15.9. The van der Waals surface area contributed by atoms with Crippen LogP contribution in [-0.2, 0) is 37.9 Å². The molecule has 0 fully saturated rings. The van der Waals surface area contributed by atoms with E-state index >= 15 is 0 Å². The van der Waals surface area contributed by atoms with E-state index in [-0.39, 0.29) is 24.5 Å². The van der Waals surface area contributed by atoms with Gasteiger partial charge >= 0.3 is 0 Å². The summed E-state index contributed by atoms with van der Waals surface area (Å²) in [6, 6.07) is 11.6. The first-order valence-corrected chi connectivity index (χ1v) is 11.8. The number of nitrogens with one attached hydrogen (secondary N) is 2. The Bertz CT molecular complexity index is 1090. The molecular weight excluding hydrogens is 421 g/mol. The van der Waals surface area contributed by atoms with E-state index < -0.39 is 31.8 Å². The van der Waals surface area contributed by atoms with Crippen LogP contribution < -0.4 is 10.0 Å². The second-order valence-electron chi connectivity index (χ2n) is 6.40. The first-order valence-electron chi connectivity index (χ1n) is 8.48. The monoisotopic (exact) mass is 443 g/mol. The third kappa shape index (κ3) is 7.20. The largest absolute Gasteiger partial charge is 0.351 e. The minimum Gasteiger partial charge on any atom is -0.351 e. The van der Waals surface area contributed by atoms with Crippen LogP contribution in [-0.4, -0.2) is 46.9 Å². The summed E-state index contributed by atoms with van der Waals surface area (Å²) in [5, 5.41) is 2.54. The van der Waals surface area contributed by atoms with Crippen molar-refractivity contribution in [3.05, 3.63) is 65.5 Å². The standard InChI is InChI=1S/C18H22FN3O5S2/c1-22(28(2,24)25)13-18(23)20-11-15-6-4-8-17(10-15)29(26,27)21-12-14-5-3-7-16(19)9-14/h3-10,21H,11-13H2,1-2H3,(H,20,23). The number of nitrogens with zero attached hydrogens (tertiary/aromatic N) is 1. The van der Waals surface area contributed by atoms with Gasteiger partial charge in [0.05, 0.1) is 17.7 Å². The van der Waals surface area contributed by atoms with Crippen molar-refractivity contribution in [2.45, 2.75) is 18.0 Å². The molecule has 0 atom stereocenters. The van der Waals surface area contributed by atoms with Crippen molar-refractivity contribution in [2.75, 3.05) is 19.8 Å². The van der Waals surface area contributed by atoms with Crippen LogP contribution in [0.15, 0.2) is 53.4 Å². The molecule has 0 unspecified atom stereocenters. The summed E-state index contributed by atoms with van der Waals surface area (Å²) in [6.07, 6.45) is 0.992. The van der Waals surface area contributed by atoms with Crippen molar-refractivity contribution in [3.8, 4) is 0 Å². The van der Waals surface area contributed by atoms with Gasteiger partial charge in [0.2, 0.25) is 26.0 Å². The van der Waals surface area contributed by atoms with E-state index in [0.29, 0.717) is 11.1 Å². The highest BCUT2D eigenvalue weighted by Gasteiger charge is 2.16. The predicted molar refractivity (Wildman–Crippen MR) is 106 cm³/mol. The number of rotatable bonds is 9. The van der Waals surface area contributed by atoms with Crippen LogP contribution in [0.1, 0.15) is 11.1 Å². The van der Waals surface area contributed by atoms with Crippen LogP contribution in [0.5, 0.6) is 0 Å². The number of hydrogen-bond acceptors (Lipinski definition) is 5. The average Bonchev–Trinajstić information content (AvgIpc) is 2.64. The van der Waals surface area contributed by atoms with E-state index in [2.05, 4.69) is 10.0 Å². The normalized spacial score (nSPS) is 12.1. The van der Waals surface area contributed by atoms with Gasteiger partial charge in [0.15, 0.2) is 0 Å². The third-order valence-corrected chi connectivity index (χ3v) is 6.65. The maximum absolute atomic E-state index is 13.2. The highest BCUT2D eigenvalue weighted by atomic mass is 32.2. The number of carbonyl (C=O) groups is 1. The molecule has 0 radical (unpaired) electrons. The Morgan fingerprint density at radius 1 is 1.00 bits per heavy atom. The van der Waals surface area contributed by atoms with Gasteiger partial charge in [-0.2, -0.15) is 4.31 Å². The van der Waals surface area contributed by atoms with Gasteiger partial charge in [0.25, 0.3) is 0 Å². The summed E-state index contributed by atoms with van der Waals surface area (Å²) in [7, 11) is -6.04. The van der Waals surface area contributed by atoms with Crippen molar-refractivity contribution >= 4 is 26.0 Å². The van der Waals surface area contributed by atoms with Crippen LogP contribution in [0, 0.1) is 5.82 Å². The number of carbonyl (C=O) groups excluding carboxylic acids is 1. The minimum absolute atomic E-state index is 0.00564. The fraction of sp³-hybridized carbons (Fsp3) is 0.278. The average molecular weight is 444 g/mol. The summed E-state index contributed by atoms with van der Waals surface area (Å²) in [6.45, 7) is -0.380. The molecule has 0 saturated heterocycles. The smallest absolute Gasteiger partial charge is 0.240 e. The minimum atomic E-state index is -3.84. The molecule has 0 spiro atoms. The van der Waals surface area contributed by atoms with Crippen LogP contribution >= 0.6 is 0 Å². The molecule has 0 bridgehead atoms. The second-order valence-corrected chi connectivity index (χ2v) is 10.3. The fourth-order valence-electron chi connectivity index (χ4n) is 2.31. The third-order valence-electron chi connectivity index (χ3n) is 3.99. The number of halogens is 1. The quantitative estimate of drug-likeness (QED) is 0.596. The lowest BCUT2D eigenvalue weighted by Crippen LogP contribution is -2.37. The first kappa shape index (κ1) is 22.9. The van der Waals surface area contributed by atoms with Gasteiger partial charge in [-0.15, -0.1) is 0 Å². The number of benzene rings is 2. The molecule has 0 aliphatic carbocycles. The van der Waals surface area contributed by atoms with Gasteiger partial charge in [-0.05, 0) is 35.4 Å². The van der Waals surface area contributed by atoms with E-state index in [4.69, 9.17) is 0 Å². The highest BCUT2D eigenvalue weighted by Crippen LogP contribution is 2.13. The van der Waals surface area contributed by atoms with E-state index in [1.54, 1.807) is 12.1 Å². The zero-order valence-corrected chi connectivity index (χ0v) is 17.6. The van der Waals surface area contributed by atoms with Gasteiger partial charge in [-0.1, -0.05) is 24.3 Å². The lowest BCUT2D eigenvalue weighted by Gasteiger charge is -2.14. The molecule has 158 valence electrons. The van der Waals surface area contributed by atoms with Crippen LogP contribution in [0.4, 0.5) is 4.39 Å². The van der Waals surface area contributed by atoms with Gasteiger partial charge in [0, 0.05) is 20.1 Å². The number of amides is 1. The Morgan fingerprint density at radius 3 is 2.24 bits per heavy atom. The molecule has 0 aliphatic rings. The molecule has 0 aromatic heterocycles. The lowest BCUT2D eigenvalue weighted by atomic mass is 10.2. The Balaban J connectivity index is 1.99. The SMILES string of the molecule is CN(CC(=O)NCc1cccc(S(=O)(=O)NCc2cccc(F)c2)c1)S(C)(=O)=O. The molecule has 2 aromatic carbocycles.